The maximum Gasteiger partial charge on any atom is 0.0576 e. The Morgan fingerprint density at radius 2 is 2.19 bits per heavy atom. The van der Waals surface area contributed by atoms with E-state index in [1.165, 1.54) is 51.4 Å². The molecule has 2 nitrogen and oxygen atoms in total. The highest BCUT2D eigenvalue weighted by Crippen LogP contribution is 2.58. The van der Waals surface area contributed by atoms with Crippen LogP contribution in [-0.2, 0) is 4.74 Å². The summed E-state index contributed by atoms with van der Waals surface area (Å²) in [5.74, 6) is 1.76. The Balaban J connectivity index is 1.58. The zero-order valence-electron chi connectivity index (χ0n) is 10.2. The molecular weight excluding hydrogens is 200 g/mol. The summed E-state index contributed by atoms with van der Waals surface area (Å²) >= 11 is 0. The van der Waals surface area contributed by atoms with Crippen molar-refractivity contribution in [2.24, 2.45) is 17.3 Å². The molecule has 2 bridgehead atoms. The van der Waals surface area contributed by atoms with E-state index in [2.05, 4.69) is 0 Å². The van der Waals surface area contributed by atoms with Gasteiger partial charge in [0.1, 0.15) is 0 Å². The summed E-state index contributed by atoms with van der Waals surface area (Å²) in [6.07, 6.45) is 10.9. The first-order chi connectivity index (χ1) is 7.82. The summed E-state index contributed by atoms with van der Waals surface area (Å²) in [7, 11) is 0. The van der Waals surface area contributed by atoms with Crippen LogP contribution in [0, 0.1) is 17.3 Å². The van der Waals surface area contributed by atoms with Crippen molar-refractivity contribution < 1.29 is 9.84 Å². The minimum absolute atomic E-state index is 0.287. The molecule has 0 aromatic rings. The molecule has 4 unspecified atom stereocenters. The second kappa shape index (κ2) is 4.30. The van der Waals surface area contributed by atoms with Crippen molar-refractivity contribution in [2.45, 2.75) is 57.5 Å². The second-order valence-corrected chi connectivity index (χ2v) is 6.27. The molecule has 1 N–H and O–H groups in total. The van der Waals surface area contributed by atoms with Crippen molar-refractivity contribution in [3.8, 4) is 0 Å². The molecule has 2 saturated carbocycles. The van der Waals surface area contributed by atoms with Gasteiger partial charge in [-0.1, -0.05) is 6.42 Å². The average Bonchev–Trinajstić information content (AvgIpc) is 3.02. The molecule has 0 aromatic heterocycles. The highest BCUT2D eigenvalue weighted by Gasteiger charge is 2.50. The standard InChI is InChI=1S/C14H24O2/c15-10-14(6-5-13-2-1-7-16-13)9-11-3-4-12(14)8-11/h11-13,15H,1-10H2. The second-order valence-electron chi connectivity index (χ2n) is 6.27. The summed E-state index contributed by atoms with van der Waals surface area (Å²) in [4.78, 5) is 0. The molecule has 3 fully saturated rings. The molecule has 0 spiro atoms. The Bertz CT molecular complexity index is 247. The number of aliphatic hydroxyl groups is 1. The monoisotopic (exact) mass is 224 g/mol. The first-order valence-electron chi connectivity index (χ1n) is 7.05. The van der Waals surface area contributed by atoms with Crippen molar-refractivity contribution in [1.29, 1.82) is 0 Å². The average molecular weight is 224 g/mol. The minimum Gasteiger partial charge on any atom is -0.396 e. The minimum atomic E-state index is 0.287. The molecule has 2 aliphatic carbocycles. The lowest BCUT2D eigenvalue weighted by Crippen LogP contribution is -2.32. The molecule has 0 aromatic carbocycles. The Kier molecular flexibility index (Phi) is 2.97. The fourth-order valence-corrected chi connectivity index (χ4v) is 4.46. The van der Waals surface area contributed by atoms with E-state index in [1.54, 1.807) is 0 Å². The summed E-state index contributed by atoms with van der Waals surface area (Å²) < 4.78 is 5.70. The fourth-order valence-electron chi connectivity index (χ4n) is 4.46. The number of aliphatic hydroxyl groups excluding tert-OH is 1. The molecule has 1 aliphatic heterocycles. The topological polar surface area (TPSA) is 29.5 Å². The summed E-state index contributed by atoms with van der Waals surface area (Å²) in [6.45, 7) is 1.38. The number of hydrogen-bond donors (Lipinski definition) is 1. The van der Waals surface area contributed by atoms with Crippen LogP contribution >= 0.6 is 0 Å². The van der Waals surface area contributed by atoms with Gasteiger partial charge in [-0.3, -0.25) is 0 Å². The third kappa shape index (κ3) is 1.80. The molecule has 92 valence electrons. The maximum atomic E-state index is 9.77. The van der Waals surface area contributed by atoms with Crippen LogP contribution in [0.3, 0.4) is 0 Å². The quantitative estimate of drug-likeness (QED) is 0.795. The van der Waals surface area contributed by atoms with Gasteiger partial charge < -0.3 is 9.84 Å². The van der Waals surface area contributed by atoms with Gasteiger partial charge in [-0.25, -0.2) is 0 Å². The van der Waals surface area contributed by atoms with E-state index in [1.807, 2.05) is 0 Å². The van der Waals surface area contributed by atoms with Gasteiger partial charge in [0, 0.05) is 13.2 Å². The molecule has 0 radical (unpaired) electrons. The van der Waals surface area contributed by atoms with Crippen LogP contribution in [0.1, 0.15) is 51.4 Å². The number of ether oxygens (including phenoxy) is 1. The van der Waals surface area contributed by atoms with E-state index in [9.17, 15) is 5.11 Å². The molecule has 1 heterocycles. The first kappa shape index (κ1) is 11.0. The van der Waals surface area contributed by atoms with Crippen molar-refractivity contribution in [1.82, 2.24) is 0 Å². The van der Waals surface area contributed by atoms with Gasteiger partial charge in [-0.2, -0.15) is 0 Å². The van der Waals surface area contributed by atoms with Crippen molar-refractivity contribution in [2.75, 3.05) is 13.2 Å². The highest BCUT2D eigenvalue weighted by atomic mass is 16.5. The van der Waals surface area contributed by atoms with E-state index in [0.29, 0.717) is 12.7 Å². The molecule has 16 heavy (non-hydrogen) atoms. The van der Waals surface area contributed by atoms with Gasteiger partial charge in [0.05, 0.1) is 6.10 Å². The van der Waals surface area contributed by atoms with Crippen LogP contribution in [0.4, 0.5) is 0 Å². The summed E-state index contributed by atoms with van der Waals surface area (Å²) in [6, 6.07) is 0. The number of rotatable bonds is 4. The zero-order chi connectivity index (χ0) is 11.0. The van der Waals surface area contributed by atoms with Crippen molar-refractivity contribution in [3.63, 3.8) is 0 Å². The molecule has 3 aliphatic rings. The van der Waals surface area contributed by atoms with Gasteiger partial charge in [0.2, 0.25) is 0 Å². The van der Waals surface area contributed by atoms with Crippen LogP contribution < -0.4 is 0 Å². The van der Waals surface area contributed by atoms with Gasteiger partial charge in [0.25, 0.3) is 0 Å². The van der Waals surface area contributed by atoms with Crippen LogP contribution in [0.25, 0.3) is 0 Å². The Hall–Kier alpha value is -0.0800. The van der Waals surface area contributed by atoms with Crippen molar-refractivity contribution in [3.05, 3.63) is 0 Å². The van der Waals surface area contributed by atoms with Crippen LogP contribution in [-0.4, -0.2) is 24.4 Å². The summed E-state index contributed by atoms with van der Waals surface area (Å²) in [5.41, 5.74) is 0.287. The molecular formula is C14H24O2. The lowest BCUT2D eigenvalue weighted by atomic mass is 9.70. The normalized spacial score (nSPS) is 46.7. The molecule has 1 saturated heterocycles. The molecule has 3 rings (SSSR count). The summed E-state index contributed by atoms with van der Waals surface area (Å²) in [5, 5.41) is 9.77. The van der Waals surface area contributed by atoms with Gasteiger partial charge >= 0.3 is 0 Å². The lowest BCUT2D eigenvalue weighted by Gasteiger charge is -2.36. The van der Waals surface area contributed by atoms with Gasteiger partial charge in [-0.05, 0) is 62.2 Å². The largest absolute Gasteiger partial charge is 0.396 e. The third-order valence-electron chi connectivity index (χ3n) is 5.41. The smallest absolute Gasteiger partial charge is 0.0576 e. The zero-order valence-corrected chi connectivity index (χ0v) is 10.2. The third-order valence-corrected chi connectivity index (χ3v) is 5.41. The fraction of sp³-hybridized carbons (Fsp3) is 1.00. The molecule has 4 atom stereocenters. The van der Waals surface area contributed by atoms with E-state index < -0.39 is 0 Å². The Morgan fingerprint density at radius 3 is 2.75 bits per heavy atom. The number of hydrogen-bond acceptors (Lipinski definition) is 2. The Morgan fingerprint density at radius 1 is 1.25 bits per heavy atom. The van der Waals surface area contributed by atoms with Crippen LogP contribution in [0.2, 0.25) is 0 Å². The lowest BCUT2D eigenvalue weighted by molar-refractivity contribution is 0.0304. The molecule has 2 heteroatoms. The highest BCUT2D eigenvalue weighted by molar-refractivity contribution is 5.00. The maximum absolute atomic E-state index is 9.77. The van der Waals surface area contributed by atoms with E-state index in [0.717, 1.165) is 18.4 Å². The Labute approximate surface area is 98.4 Å². The predicted octanol–water partition coefficient (Wildman–Crippen LogP) is 2.74. The van der Waals surface area contributed by atoms with Crippen LogP contribution in [0.5, 0.6) is 0 Å². The van der Waals surface area contributed by atoms with E-state index >= 15 is 0 Å². The van der Waals surface area contributed by atoms with Gasteiger partial charge in [0.15, 0.2) is 0 Å². The first-order valence-corrected chi connectivity index (χ1v) is 7.05. The van der Waals surface area contributed by atoms with Crippen LogP contribution in [0.15, 0.2) is 0 Å². The SMILES string of the molecule is OCC1(CCC2CCCO2)CC2CCC1C2. The van der Waals surface area contributed by atoms with E-state index in [4.69, 9.17) is 4.74 Å². The number of fused-ring (bicyclic) bond motifs is 2. The molecule has 0 amide bonds. The van der Waals surface area contributed by atoms with E-state index in [-0.39, 0.29) is 5.41 Å². The van der Waals surface area contributed by atoms with Gasteiger partial charge in [-0.15, -0.1) is 0 Å². The predicted molar refractivity (Wildman–Crippen MR) is 63.2 cm³/mol. The van der Waals surface area contributed by atoms with Crippen molar-refractivity contribution >= 4 is 0 Å².